The fraction of sp³-hybridized carbons (Fsp3) is 0.412. The van der Waals surface area contributed by atoms with E-state index in [1.807, 2.05) is 0 Å². The molecule has 1 aromatic carbocycles. The lowest BCUT2D eigenvalue weighted by atomic mass is 10.1. The molecule has 3 rings (SSSR count). The molecular formula is C17H22N4O12PS+. The van der Waals surface area contributed by atoms with E-state index in [-0.39, 0.29) is 15.0 Å². The third-order valence-corrected chi connectivity index (χ3v) is 6.54. The lowest BCUT2D eigenvalue weighted by Gasteiger charge is -2.25. The first kappa shape index (κ1) is 27.0. The number of fused-ring (bicyclic) bond motifs is 2. The molecule has 0 amide bonds. The number of aryl methyl sites for hydroxylation is 2. The number of hydrogen-bond donors (Lipinski definition) is 7. The summed E-state index contributed by atoms with van der Waals surface area (Å²) < 4.78 is 50.6. The van der Waals surface area contributed by atoms with Gasteiger partial charge in [0, 0.05) is 6.07 Å². The molecule has 2 aliphatic rings. The number of nitrogens with zero attached hydrogens (tertiary/aromatic N) is 3. The second-order valence-corrected chi connectivity index (χ2v) is 10.2. The van der Waals surface area contributed by atoms with Crippen LogP contribution in [0, 0.1) is 13.8 Å². The van der Waals surface area contributed by atoms with E-state index < -0.39 is 72.4 Å². The Bertz CT molecular complexity index is 1530. The maximum Gasteiger partial charge on any atom is 0.512 e. The molecule has 0 unspecified atom stereocenters. The first-order chi connectivity index (χ1) is 16.0. The Labute approximate surface area is 196 Å². The lowest BCUT2D eigenvalue weighted by molar-refractivity contribution is -0.479. The van der Waals surface area contributed by atoms with E-state index in [9.17, 15) is 42.4 Å². The highest BCUT2D eigenvalue weighted by Crippen LogP contribution is 2.36. The van der Waals surface area contributed by atoms with Crippen LogP contribution in [-0.4, -0.2) is 77.5 Å². The molecule has 0 aliphatic carbocycles. The molecule has 16 nitrogen and oxygen atoms in total. The Kier molecular flexibility index (Phi) is 7.29. The third kappa shape index (κ3) is 5.64. The second kappa shape index (κ2) is 9.45. The zero-order chi connectivity index (χ0) is 26.5. The van der Waals surface area contributed by atoms with Crippen molar-refractivity contribution < 1.29 is 51.1 Å². The number of aliphatic hydroxyl groups excluding tert-OH is 3. The number of hydrogen-bond acceptors (Lipinski definition) is 10. The number of nitrogens with one attached hydrogen (secondary N) is 1. The van der Waals surface area contributed by atoms with E-state index in [0.717, 1.165) is 4.57 Å². The van der Waals surface area contributed by atoms with Crippen LogP contribution < -0.4 is 15.2 Å². The van der Waals surface area contributed by atoms with Crippen molar-refractivity contribution in [2.45, 2.75) is 38.7 Å². The molecule has 0 spiro atoms. The van der Waals surface area contributed by atoms with Gasteiger partial charge in [0.25, 0.3) is 5.52 Å². The number of phosphoric ester groups is 1. The molecule has 0 radical (unpaired) electrons. The molecule has 3 atom stereocenters. The molecule has 0 saturated heterocycles. The molecule has 0 saturated carbocycles. The summed E-state index contributed by atoms with van der Waals surface area (Å²) >= 11 is 0. The predicted molar refractivity (Wildman–Crippen MR) is 116 cm³/mol. The minimum Gasteiger partial charge on any atom is -0.388 e. The van der Waals surface area contributed by atoms with E-state index >= 15 is 0 Å². The van der Waals surface area contributed by atoms with E-state index in [1.54, 1.807) is 18.8 Å². The van der Waals surface area contributed by atoms with Gasteiger partial charge in [-0.25, -0.2) is 13.9 Å². The summed E-state index contributed by atoms with van der Waals surface area (Å²) in [6.45, 7) is 1.54. The number of aromatic amines is 1. The van der Waals surface area contributed by atoms with Crippen molar-refractivity contribution in [1.29, 1.82) is 0 Å². The molecule has 2 heterocycles. The van der Waals surface area contributed by atoms with Crippen LogP contribution in [0.4, 0.5) is 0 Å². The highest BCUT2D eigenvalue weighted by atomic mass is 32.2. The van der Waals surface area contributed by atoms with Gasteiger partial charge < -0.3 is 29.7 Å². The molecule has 18 heteroatoms. The SMILES string of the molecule is Cc1cc2c(cc1C)[n+](S(=O)(=O)O)c1c(=O)[nH]c(=O)nc-1n2C[C@H](O)[C@H](O)[C@H](O)COP(=O)(O)O. The summed E-state index contributed by atoms with van der Waals surface area (Å²) in [5.74, 6) is -0.584. The van der Waals surface area contributed by atoms with Crippen LogP contribution in [0.15, 0.2) is 21.7 Å². The minimum absolute atomic E-state index is 0.0390. The van der Waals surface area contributed by atoms with Gasteiger partial charge in [0.1, 0.15) is 23.8 Å². The van der Waals surface area contributed by atoms with Crippen LogP contribution in [0.1, 0.15) is 11.1 Å². The Balaban J connectivity index is 2.27. The maximum atomic E-state index is 12.6. The number of H-pyrrole nitrogens is 1. The van der Waals surface area contributed by atoms with Crippen LogP contribution in [-0.2, 0) is 25.9 Å². The zero-order valence-electron chi connectivity index (χ0n) is 18.1. The molecule has 2 aliphatic heterocycles. The quantitative estimate of drug-likeness (QED) is 0.0653. The van der Waals surface area contributed by atoms with E-state index in [0.29, 0.717) is 11.1 Å². The number of rotatable bonds is 8. The monoisotopic (exact) mass is 537 g/mol. The summed E-state index contributed by atoms with van der Waals surface area (Å²) in [5.41, 5.74) is -2.29. The normalized spacial score (nSPS) is 15.4. The fourth-order valence-corrected chi connectivity index (χ4v) is 4.59. The Morgan fingerprint density at radius 2 is 1.74 bits per heavy atom. The van der Waals surface area contributed by atoms with Crippen molar-refractivity contribution in [3.63, 3.8) is 0 Å². The van der Waals surface area contributed by atoms with Crippen molar-refractivity contribution in [3.05, 3.63) is 44.1 Å². The smallest absolute Gasteiger partial charge is 0.388 e. The van der Waals surface area contributed by atoms with Crippen molar-refractivity contribution in [2.75, 3.05) is 6.61 Å². The number of benzene rings is 1. The number of phosphoric acid groups is 1. The summed E-state index contributed by atoms with van der Waals surface area (Å²) in [4.78, 5) is 47.4. The van der Waals surface area contributed by atoms with Crippen molar-refractivity contribution in [2.24, 2.45) is 0 Å². The summed E-state index contributed by atoms with van der Waals surface area (Å²) in [6.07, 6.45) is -5.92. The zero-order valence-corrected chi connectivity index (χ0v) is 19.8. The lowest BCUT2D eigenvalue weighted by Crippen LogP contribution is -2.52. The van der Waals surface area contributed by atoms with Gasteiger partial charge in [0.15, 0.2) is 0 Å². The Hall–Kier alpha value is -2.60. The van der Waals surface area contributed by atoms with E-state index in [2.05, 4.69) is 9.51 Å². The van der Waals surface area contributed by atoms with Crippen LogP contribution in [0.3, 0.4) is 0 Å². The summed E-state index contributed by atoms with van der Waals surface area (Å²) in [5, 5.41) is 30.7. The molecule has 0 fully saturated rings. The highest BCUT2D eigenvalue weighted by molar-refractivity contribution is 7.79. The molecule has 0 aromatic heterocycles. The molecule has 192 valence electrons. The topological polar surface area (TPSA) is 253 Å². The van der Waals surface area contributed by atoms with Gasteiger partial charge in [-0.2, -0.15) is 4.98 Å². The van der Waals surface area contributed by atoms with Crippen molar-refractivity contribution in [1.82, 2.24) is 14.5 Å². The van der Waals surface area contributed by atoms with Crippen LogP contribution in [0.25, 0.3) is 22.6 Å². The average molecular weight is 537 g/mol. The maximum absolute atomic E-state index is 12.6. The largest absolute Gasteiger partial charge is 0.512 e. The number of aromatic nitrogens is 4. The summed E-state index contributed by atoms with van der Waals surface area (Å²) in [6, 6.07) is 2.75. The third-order valence-electron chi connectivity index (χ3n) is 5.22. The summed E-state index contributed by atoms with van der Waals surface area (Å²) in [7, 11) is -10.1. The second-order valence-electron chi connectivity index (χ2n) is 7.73. The van der Waals surface area contributed by atoms with Crippen LogP contribution in [0.2, 0.25) is 0 Å². The van der Waals surface area contributed by atoms with Crippen molar-refractivity contribution >= 4 is 29.2 Å². The van der Waals surface area contributed by atoms with Gasteiger partial charge in [0.05, 0.1) is 13.2 Å². The van der Waals surface area contributed by atoms with Crippen LogP contribution >= 0.6 is 7.82 Å². The van der Waals surface area contributed by atoms with Crippen LogP contribution in [0.5, 0.6) is 0 Å². The van der Waals surface area contributed by atoms with E-state index in [1.165, 1.54) is 12.1 Å². The Morgan fingerprint density at radius 3 is 2.31 bits per heavy atom. The van der Waals surface area contributed by atoms with E-state index in [4.69, 9.17) is 9.79 Å². The highest BCUT2D eigenvalue weighted by Gasteiger charge is 2.39. The van der Waals surface area contributed by atoms with Gasteiger partial charge in [-0.3, -0.25) is 14.3 Å². The Morgan fingerprint density at radius 1 is 1.14 bits per heavy atom. The van der Waals surface area contributed by atoms with Gasteiger partial charge >= 0.3 is 35.1 Å². The van der Waals surface area contributed by atoms with Gasteiger partial charge in [-0.15, -0.1) is 8.42 Å². The first-order valence-corrected chi connectivity index (χ1v) is 12.7. The molecule has 35 heavy (non-hydrogen) atoms. The molecule has 0 bridgehead atoms. The standard InChI is InChI=1S/C17H21N4O12PS/c1-7-3-9-10(4-8(7)2)21(35(30,31)32)13-15(18-17(26)19-16(13)25)20(9)5-11(22)14(24)12(23)6-33-34(27,28)29/h3-4,11-12,14,22-24H,5-6H2,1-2H3,(H3-,19,25,26,27,28,29,30,31,32)/p+1/t11-,12+,14-/m0/s1. The number of aliphatic hydroxyl groups is 3. The first-order valence-electron chi connectivity index (χ1n) is 9.73. The fourth-order valence-electron chi connectivity index (χ4n) is 3.45. The minimum atomic E-state index is -5.12. The predicted octanol–water partition coefficient (Wildman–Crippen LogP) is -3.06. The molecule has 7 N–H and O–H groups in total. The van der Waals surface area contributed by atoms with Gasteiger partial charge in [-0.1, -0.05) is 0 Å². The molecule has 1 aromatic rings. The average Bonchev–Trinajstić information content (AvgIpc) is 2.71. The van der Waals surface area contributed by atoms with Gasteiger partial charge in [0.2, 0.25) is 5.82 Å². The van der Waals surface area contributed by atoms with Gasteiger partial charge in [-0.05, 0) is 35.0 Å². The van der Waals surface area contributed by atoms with Crippen molar-refractivity contribution in [3.8, 4) is 11.5 Å². The molecular weight excluding hydrogens is 515 g/mol.